The summed E-state index contributed by atoms with van der Waals surface area (Å²) in [5, 5.41) is 3.40. The average molecular weight is 400 g/mol. The number of anilines is 1. The average Bonchev–Trinajstić information content (AvgIpc) is 2.82. The fourth-order valence-electron chi connectivity index (χ4n) is 3.46. The Morgan fingerprint density at radius 3 is 2.70 bits per heavy atom. The van der Waals surface area contributed by atoms with Gasteiger partial charge in [-0.1, -0.05) is 13.0 Å². The number of hydrogen-bond donors (Lipinski definition) is 1. The zero-order chi connectivity index (χ0) is 20.3. The molecule has 0 fully saturated rings. The second-order valence-corrected chi connectivity index (χ2v) is 7.06. The van der Waals surface area contributed by atoms with Crippen molar-refractivity contribution in [3.05, 3.63) is 60.8 Å². The highest BCUT2D eigenvalue weighted by Gasteiger charge is 2.20. The maximum absolute atomic E-state index is 5.79. The Bertz CT molecular complexity index is 1200. The number of aromatic nitrogens is 5. The maximum atomic E-state index is 5.79. The molecule has 150 valence electrons. The highest BCUT2D eigenvalue weighted by Crippen LogP contribution is 2.35. The summed E-state index contributed by atoms with van der Waals surface area (Å²) in [5.41, 5.74) is 4.55. The van der Waals surface area contributed by atoms with E-state index in [0.717, 1.165) is 39.4 Å². The van der Waals surface area contributed by atoms with Crippen molar-refractivity contribution in [1.29, 1.82) is 0 Å². The number of rotatable bonds is 5. The van der Waals surface area contributed by atoms with Gasteiger partial charge < -0.3 is 14.8 Å². The van der Waals surface area contributed by atoms with Crippen molar-refractivity contribution in [3.63, 3.8) is 0 Å². The Balaban J connectivity index is 1.34. The molecule has 5 rings (SSSR count). The lowest BCUT2D eigenvalue weighted by molar-refractivity contribution is 0.162. The lowest BCUT2D eigenvalue weighted by atomic mass is 10.0. The predicted octanol–water partition coefficient (Wildman–Crippen LogP) is 3.47. The van der Waals surface area contributed by atoms with Crippen LogP contribution in [0.3, 0.4) is 0 Å². The Morgan fingerprint density at radius 1 is 0.900 bits per heavy atom. The Labute approximate surface area is 173 Å². The van der Waals surface area contributed by atoms with E-state index < -0.39 is 0 Å². The molecule has 0 spiro atoms. The number of ether oxygens (including phenoxy) is 2. The van der Waals surface area contributed by atoms with Crippen LogP contribution in [0.15, 0.2) is 55.2 Å². The van der Waals surface area contributed by atoms with Crippen LogP contribution in [0.25, 0.3) is 22.3 Å². The first-order chi connectivity index (χ1) is 14.8. The van der Waals surface area contributed by atoms with Gasteiger partial charge in [-0.3, -0.25) is 9.97 Å². The van der Waals surface area contributed by atoms with E-state index in [4.69, 9.17) is 9.47 Å². The fourth-order valence-corrected chi connectivity index (χ4v) is 3.46. The summed E-state index contributed by atoms with van der Waals surface area (Å²) in [5.74, 6) is 2.23. The molecule has 1 aliphatic rings. The number of benzene rings is 1. The van der Waals surface area contributed by atoms with Crippen molar-refractivity contribution in [3.8, 4) is 22.9 Å². The number of hydrogen-bond acceptors (Lipinski definition) is 8. The van der Waals surface area contributed by atoms with Crippen LogP contribution in [0.1, 0.15) is 18.4 Å². The highest BCUT2D eigenvalue weighted by molar-refractivity contribution is 5.80. The first-order valence-electron chi connectivity index (χ1n) is 9.79. The van der Waals surface area contributed by atoms with E-state index in [0.29, 0.717) is 25.6 Å². The molecule has 1 N–H and O–H groups in total. The minimum absolute atomic E-state index is 0.179. The molecule has 3 aromatic heterocycles. The van der Waals surface area contributed by atoms with Crippen LogP contribution in [0, 0.1) is 0 Å². The van der Waals surface area contributed by atoms with Crippen LogP contribution in [0.4, 0.5) is 5.82 Å². The lowest BCUT2D eigenvalue weighted by Crippen LogP contribution is -2.19. The van der Waals surface area contributed by atoms with Gasteiger partial charge in [0.25, 0.3) is 5.88 Å². The molecule has 30 heavy (non-hydrogen) atoms. The topological polar surface area (TPSA) is 94.9 Å². The van der Waals surface area contributed by atoms with Crippen molar-refractivity contribution in [1.82, 2.24) is 24.9 Å². The van der Waals surface area contributed by atoms with E-state index >= 15 is 0 Å². The standard InChI is InChI=1S/C22H20N6O2/c1-14(16-4-5-25-22-21(16)29-8-9-30-22)12-26-20-11-18(27-13-28-20)15-2-3-17-19(10-15)24-7-6-23-17/h2-7,10-11,13-14H,8-9,12H2,1H3,(H,26,27,28)/t14-/m1/s1. The fraction of sp³-hybridized carbons (Fsp3) is 0.227. The monoisotopic (exact) mass is 400 g/mol. The van der Waals surface area contributed by atoms with Gasteiger partial charge in [0.15, 0.2) is 5.75 Å². The summed E-state index contributed by atoms with van der Waals surface area (Å²) < 4.78 is 11.4. The van der Waals surface area contributed by atoms with Crippen LogP contribution in [-0.2, 0) is 0 Å². The largest absolute Gasteiger partial charge is 0.484 e. The molecule has 8 heteroatoms. The first kappa shape index (κ1) is 18.2. The van der Waals surface area contributed by atoms with E-state index in [2.05, 4.69) is 37.2 Å². The van der Waals surface area contributed by atoms with E-state index in [1.807, 2.05) is 30.3 Å². The third-order valence-electron chi connectivity index (χ3n) is 5.02. The van der Waals surface area contributed by atoms with Crippen molar-refractivity contribution in [2.45, 2.75) is 12.8 Å². The molecule has 1 aromatic carbocycles. The Hall–Kier alpha value is -3.81. The van der Waals surface area contributed by atoms with E-state index in [1.54, 1.807) is 24.9 Å². The normalized spacial score (nSPS) is 13.8. The minimum atomic E-state index is 0.179. The number of pyridine rings is 1. The zero-order valence-electron chi connectivity index (χ0n) is 16.4. The van der Waals surface area contributed by atoms with Gasteiger partial charge in [0.05, 0.1) is 16.7 Å². The molecule has 0 saturated carbocycles. The van der Waals surface area contributed by atoms with Crippen molar-refractivity contribution in [2.24, 2.45) is 0 Å². The van der Waals surface area contributed by atoms with Gasteiger partial charge in [-0.05, 0) is 18.2 Å². The molecule has 0 radical (unpaired) electrons. The molecule has 0 unspecified atom stereocenters. The van der Waals surface area contributed by atoms with Crippen molar-refractivity contribution < 1.29 is 9.47 Å². The number of nitrogens with zero attached hydrogens (tertiary/aromatic N) is 5. The molecule has 0 saturated heterocycles. The van der Waals surface area contributed by atoms with Crippen molar-refractivity contribution >= 4 is 16.9 Å². The molecule has 0 bridgehead atoms. The summed E-state index contributed by atoms with van der Waals surface area (Å²) in [7, 11) is 0. The van der Waals surface area contributed by atoms with Crippen LogP contribution in [-0.4, -0.2) is 44.7 Å². The molecule has 0 aliphatic carbocycles. The SMILES string of the molecule is C[C@H](CNc1cc(-c2ccc3nccnc3c2)ncn1)c1ccnc2c1OCCO2. The smallest absolute Gasteiger partial charge is 0.257 e. The number of fused-ring (bicyclic) bond motifs is 2. The quantitative estimate of drug-likeness (QED) is 0.544. The summed E-state index contributed by atoms with van der Waals surface area (Å²) >= 11 is 0. The van der Waals surface area contributed by atoms with Gasteiger partial charge in [-0.25, -0.2) is 15.0 Å². The number of nitrogens with one attached hydrogen (secondary N) is 1. The zero-order valence-corrected chi connectivity index (χ0v) is 16.4. The molecule has 0 amide bonds. The van der Waals surface area contributed by atoms with E-state index in [-0.39, 0.29) is 5.92 Å². The third kappa shape index (κ3) is 3.59. The maximum Gasteiger partial charge on any atom is 0.257 e. The van der Waals surface area contributed by atoms with Crippen LogP contribution < -0.4 is 14.8 Å². The molecule has 4 aromatic rings. The van der Waals surface area contributed by atoms with Gasteiger partial charge in [-0.2, -0.15) is 0 Å². The van der Waals surface area contributed by atoms with E-state index in [1.165, 1.54) is 0 Å². The predicted molar refractivity (Wildman–Crippen MR) is 113 cm³/mol. The molecule has 4 heterocycles. The van der Waals surface area contributed by atoms with Gasteiger partial charge in [-0.15, -0.1) is 0 Å². The van der Waals surface area contributed by atoms with Crippen LogP contribution >= 0.6 is 0 Å². The second kappa shape index (κ2) is 7.90. The van der Waals surface area contributed by atoms with Crippen LogP contribution in [0.2, 0.25) is 0 Å². The molecule has 1 aliphatic heterocycles. The van der Waals surface area contributed by atoms with Crippen LogP contribution in [0.5, 0.6) is 11.6 Å². The molecule has 8 nitrogen and oxygen atoms in total. The molecular formula is C22H20N6O2. The van der Waals surface area contributed by atoms with Gasteiger partial charge in [0, 0.05) is 48.2 Å². The minimum Gasteiger partial charge on any atom is -0.484 e. The first-order valence-corrected chi connectivity index (χ1v) is 9.79. The van der Waals surface area contributed by atoms with E-state index in [9.17, 15) is 0 Å². The Morgan fingerprint density at radius 2 is 1.77 bits per heavy atom. The third-order valence-corrected chi connectivity index (χ3v) is 5.02. The highest BCUT2D eigenvalue weighted by atomic mass is 16.6. The Kier molecular flexibility index (Phi) is 4.80. The summed E-state index contributed by atoms with van der Waals surface area (Å²) in [4.78, 5) is 21.7. The molecular weight excluding hydrogens is 380 g/mol. The lowest BCUT2D eigenvalue weighted by Gasteiger charge is -2.22. The summed E-state index contributed by atoms with van der Waals surface area (Å²) in [6.45, 7) is 3.88. The second-order valence-electron chi connectivity index (χ2n) is 7.06. The van der Waals surface area contributed by atoms with Gasteiger partial charge >= 0.3 is 0 Å². The van der Waals surface area contributed by atoms with Crippen molar-refractivity contribution in [2.75, 3.05) is 25.1 Å². The summed E-state index contributed by atoms with van der Waals surface area (Å²) in [6, 6.07) is 9.83. The molecule has 1 atom stereocenters. The summed E-state index contributed by atoms with van der Waals surface area (Å²) in [6.07, 6.45) is 6.69. The van der Waals surface area contributed by atoms with Gasteiger partial charge in [0.2, 0.25) is 0 Å². The van der Waals surface area contributed by atoms with Gasteiger partial charge in [0.1, 0.15) is 25.4 Å².